The van der Waals surface area contributed by atoms with Crippen molar-refractivity contribution in [2.45, 2.75) is 6.92 Å². The summed E-state index contributed by atoms with van der Waals surface area (Å²) >= 11 is 1.70. The minimum Gasteiger partial charge on any atom is -0.0955 e. The van der Waals surface area contributed by atoms with Gasteiger partial charge in [-0.05, 0) is 12.1 Å². The summed E-state index contributed by atoms with van der Waals surface area (Å²) in [4.78, 5) is 1.16. The third-order valence-corrected chi connectivity index (χ3v) is 3.32. The molecule has 0 radical (unpaired) electrons. The molecule has 2 heterocycles. The third-order valence-electron chi connectivity index (χ3n) is 2.24. The molecule has 0 amide bonds. The Balaban J connectivity index is 2.61. The van der Waals surface area contributed by atoms with Crippen LogP contribution in [0.5, 0.6) is 0 Å². The maximum Gasteiger partial charge on any atom is 0.221 e. The van der Waals surface area contributed by atoms with Crippen molar-refractivity contribution < 1.29 is 4.52 Å². The molecule has 0 aliphatic heterocycles. The average molecular weight is 202 g/mol. The van der Waals surface area contributed by atoms with Crippen molar-refractivity contribution in [2.24, 2.45) is 0 Å². The van der Waals surface area contributed by atoms with Crippen LogP contribution in [0.1, 0.15) is 5.69 Å². The fourth-order valence-corrected chi connectivity index (χ4v) is 2.49. The standard InChI is InChI=1S/C10H8N3S/c1-7-6-14-10-8-4-2-3-5-9(8)11-12-13(7)10/h2-6H,1H3/q+1. The highest BCUT2D eigenvalue weighted by atomic mass is 32.1. The Kier molecular flexibility index (Phi) is 1.52. The van der Waals surface area contributed by atoms with Crippen molar-refractivity contribution in [1.82, 2.24) is 10.3 Å². The van der Waals surface area contributed by atoms with Gasteiger partial charge >= 0.3 is 0 Å². The van der Waals surface area contributed by atoms with E-state index in [2.05, 4.69) is 21.8 Å². The summed E-state index contributed by atoms with van der Waals surface area (Å²) in [5, 5.41) is 11.6. The Labute approximate surface area is 84.6 Å². The first kappa shape index (κ1) is 7.82. The molecular formula is C10H8N3S+. The van der Waals surface area contributed by atoms with E-state index in [1.807, 2.05) is 29.6 Å². The Morgan fingerprint density at radius 3 is 3.07 bits per heavy atom. The lowest BCUT2D eigenvalue weighted by atomic mass is 10.2. The van der Waals surface area contributed by atoms with Crippen LogP contribution in [0, 0.1) is 6.92 Å². The first-order chi connectivity index (χ1) is 6.86. The molecule has 3 rings (SSSR count). The van der Waals surface area contributed by atoms with Crippen LogP contribution in [0.4, 0.5) is 0 Å². The second-order valence-corrected chi connectivity index (χ2v) is 4.06. The molecule has 0 saturated heterocycles. The normalized spacial score (nSPS) is 11.2. The van der Waals surface area contributed by atoms with Crippen molar-refractivity contribution in [3.8, 4) is 0 Å². The number of rotatable bonds is 0. The number of nitrogens with zero attached hydrogens (tertiary/aromatic N) is 3. The van der Waals surface area contributed by atoms with Gasteiger partial charge in [0.15, 0.2) is 0 Å². The Morgan fingerprint density at radius 2 is 2.14 bits per heavy atom. The monoisotopic (exact) mass is 202 g/mol. The summed E-state index contributed by atoms with van der Waals surface area (Å²) in [6.07, 6.45) is 0. The van der Waals surface area contributed by atoms with Crippen molar-refractivity contribution in [3.05, 3.63) is 35.3 Å². The van der Waals surface area contributed by atoms with Crippen LogP contribution < -0.4 is 4.52 Å². The molecule has 0 saturated carbocycles. The first-order valence-electron chi connectivity index (χ1n) is 4.38. The fourth-order valence-electron chi connectivity index (χ4n) is 1.52. The van der Waals surface area contributed by atoms with E-state index in [1.54, 1.807) is 11.3 Å². The summed E-state index contributed by atoms with van der Waals surface area (Å²) in [6.45, 7) is 2.03. The summed E-state index contributed by atoms with van der Waals surface area (Å²) in [5.74, 6) is 0. The van der Waals surface area contributed by atoms with Gasteiger partial charge in [-0.15, -0.1) is 0 Å². The lowest BCUT2D eigenvalue weighted by Crippen LogP contribution is -2.28. The number of fused-ring (bicyclic) bond motifs is 3. The van der Waals surface area contributed by atoms with Crippen LogP contribution in [-0.4, -0.2) is 10.3 Å². The molecule has 0 aliphatic rings. The molecule has 3 aromatic rings. The fraction of sp³-hybridized carbons (Fsp3) is 0.100. The van der Waals surface area contributed by atoms with Gasteiger partial charge in [-0.25, -0.2) is 0 Å². The van der Waals surface area contributed by atoms with Gasteiger partial charge in [0.05, 0.1) is 10.5 Å². The number of thiazole rings is 1. The van der Waals surface area contributed by atoms with E-state index in [0.29, 0.717) is 0 Å². The van der Waals surface area contributed by atoms with Gasteiger partial charge in [0.1, 0.15) is 10.9 Å². The molecule has 2 aromatic heterocycles. The van der Waals surface area contributed by atoms with Gasteiger partial charge in [0.25, 0.3) is 0 Å². The van der Waals surface area contributed by atoms with Gasteiger partial charge in [0, 0.05) is 12.3 Å². The molecule has 0 spiro atoms. The SMILES string of the molecule is Cc1csc2c3ccccc3nn[n+]12. The van der Waals surface area contributed by atoms with Gasteiger partial charge in [-0.3, -0.25) is 0 Å². The lowest BCUT2D eigenvalue weighted by Gasteiger charge is -1.89. The minimum absolute atomic E-state index is 0.953. The van der Waals surface area contributed by atoms with Gasteiger partial charge in [-0.2, -0.15) is 0 Å². The maximum absolute atomic E-state index is 4.16. The van der Waals surface area contributed by atoms with Crippen molar-refractivity contribution in [3.63, 3.8) is 0 Å². The van der Waals surface area contributed by atoms with Gasteiger partial charge < -0.3 is 0 Å². The van der Waals surface area contributed by atoms with Crippen LogP contribution in [-0.2, 0) is 0 Å². The van der Waals surface area contributed by atoms with E-state index < -0.39 is 0 Å². The molecule has 0 aliphatic carbocycles. The van der Waals surface area contributed by atoms with Crippen LogP contribution in [0.25, 0.3) is 15.7 Å². The molecule has 4 heteroatoms. The molecule has 68 valence electrons. The average Bonchev–Trinajstić information content (AvgIpc) is 2.61. The van der Waals surface area contributed by atoms with E-state index in [-0.39, 0.29) is 0 Å². The van der Waals surface area contributed by atoms with Crippen LogP contribution >= 0.6 is 11.3 Å². The Hall–Kier alpha value is -1.55. The molecule has 3 nitrogen and oxygen atoms in total. The van der Waals surface area contributed by atoms with E-state index in [1.165, 1.54) is 5.39 Å². The molecule has 0 N–H and O–H groups in total. The minimum atomic E-state index is 0.953. The summed E-state index contributed by atoms with van der Waals surface area (Å²) in [5.41, 5.74) is 2.08. The van der Waals surface area contributed by atoms with Crippen LogP contribution in [0.3, 0.4) is 0 Å². The van der Waals surface area contributed by atoms with E-state index >= 15 is 0 Å². The van der Waals surface area contributed by atoms with Crippen molar-refractivity contribution >= 4 is 27.1 Å². The molecule has 0 unspecified atom stereocenters. The molecule has 0 atom stereocenters. The van der Waals surface area contributed by atoms with E-state index in [9.17, 15) is 0 Å². The second kappa shape index (κ2) is 2.72. The number of hydrogen-bond donors (Lipinski definition) is 0. The van der Waals surface area contributed by atoms with Crippen LogP contribution in [0.2, 0.25) is 0 Å². The Bertz CT molecular complexity index is 615. The summed E-state index contributed by atoms with van der Waals surface area (Å²) in [6, 6.07) is 8.07. The summed E-state index contributed by atoms with van der Waals surface area (Å²) < 4.78 is 1.88. The smallest absolute Gasteiger partial charge is 0.0955 e. The molecule has 14 heavy (non-hydrogen) atoms. The molecule has 0 fully saturated rings. The number of benzene rings is 1. The first-order valence-corrected chi connectivity index (χ1v) is 5.26. The lowest BCUT2D eigenvalue weighted by molar-refractivity contribution is -0.589. The van der Waals surface area contributed by atoms with E-state index in [4.69, 9.17) is 0 Å². The topological polar surface area (TPSA) is 29.9 Å². The zero-order valence-corrected chi connectivity index (χ0v) is 8.45. The van der Waals surface area contributed by atoms with E-state index in [0.717, 1.165) is 16.0 Å². The zero-order valence-electron chi connectivity index (χ0n) is 7.64. The summed E-state index contributed by atoms with van der Waals surface area (Å²) in [7, 11) is 0. The van der Waals surface area contributed by atoms with Crippen LogP contribution in [0.15, 0.2) is 29.6 Å². The largest absolute Gasteiger partial charge is 0.221 e. The molecule has 1 aromatic carbocycles. The predicted molar refractivity (Wildman–Crippen MR) is 55.3 cm³/mol. The maximum atomic E-state index is 4.16. The second-order valence-electron chi connectivity index (χ2n) is 3.20. The van der Waals surface area contributed by atoms with Gasteiger partial charge in [0.2, 0.25) is 10.3 Å². The third kappa shape index (κ3) is 0.943. The van der Waals surface area contributed by atoms with Crippen molar-refractivity contribution in [2.75, 3.05) is 0 Å². The highest BCUT2D eigenvalue weighted by Crippen LogP contribution is 2.18. The van der Waals surface area contributed by atoms with Gasteiger partial charge in [-0.1, -0.05) is 28.0 Å². The quantitative estimate of drug-likeness (QED) is 0.520. The zero-order chi connectivity index (χ0) is 9.54. The number of aromatic nitrogens is 3. The number of aryl methyl sites for hydroxylation is 1. The predicted octanol–water partition coefficient (Wildman–Crippen LogP) is 1.74. The molecular weight excluding hydrogens is 194 g/mol. The Morgan fingerprint density at radius 1 is 1.29 bits per heavy atom. The van der Waals surface area contributed by atoms with Crippen molar-refractivity contribution in [1.29, 1.82) is 0 Å². The highest BCUT2D eigenvalue weighted by Gasteiger charge is 2.13. The number of hydrogen-bond acceptors (Lipinski definition) is 3. The molecule has 0 bridgehead atoms. The highest BCUT2D eigenvalue weighted by molar-refractivity contribution is 7.16.